The maximum absolute atomic E-state index is 12.9. The Morgan fingerprint density at radius 2 is 1.67 bits per heavy atom. The summed E-state index contributed by atoms with van der Waals surface area (Å²) in [5.41, 5.74) is 0. The normalized spacial score (nSPS) is 15.1. The van der Waals surface area contributed by atoms with E-state index in [1.165, 1.54) is 18.2 Å². The predicted molar refractivity (Wildman–Crippen MR) is 126 cm³/mol. The van der Waals surface area contributed by atoms with E-state index < -0.39 is 10.0 Å². The monoisotopic (exact) mass is 486 g/mol. The summed E-state index contributed by atoms with van der Waals surface area (Å²) in [6.45, 7) is 3.51. The molecule has 30 heavy (non-hydrogen) atoms. The van der Waals surface area contributed by atoms with Gasteiger partial charge in [0.2, 0.25) is 0 Å². The Balaban J connectivity index is 0.00000256. The van der Waals surface area contributed by atoms with Crippen LogP contribution in [0.3, 0.4) is 0 Å². The number of benzene rings is 2. The summed E-state index contributed by atoms with van der Waals surface area (Å²) in [6, 6.07) is 13.8. The molecule has 2 heterocycles. The number of anilines is 2. The second kappa shape index (κ2) is 9.16. The molecule has 0 bridgehead atoms. The third kappa shape index (κ3) is 4.76. The van der Waals surface area contributed by atoms with Crippen LogP contribution in [0.15, 0.2) is 53.4 Å². The summed E-state index contributed by atoms with van der Waals surface area (Å²) >= 11 is 11.9. The molecular weight excluding hydrogens is 467 g/mol. The van der Waals surface area contributed by atoms with Gasteiger partial charge in [-0.15, -0.1) is 12.4 Å². The minimum atomic E-state index is -3.86. The van der Waals surface area contributed by atoms with Gasteiger partial charge in [0.05, 0.1) is 14.9 Å². The largest absolute Gasteiger partial charge is 0.353 e. The summed E-state index contributed by atoms with van der Waals surface area (Å²) in [5, 5.41) is 2.39. The highest BCUT2D eigenvalue weighted by atomic mass is 35.5. The van der Waals surface area contributed by atoms with Gasteiger partial charge in [-0.25, -0.2) is 13.4 Å². The van der Waals surface area contributed by atoms with Crippen LogP contribution in [-0.2, 0) is 10.0 Å². The van der Waals surface area contributed by atoms with Crippen molar-refractivity contribution >= 4 is 68.0 Å². The Morgan fingerprint density at radius 3 is 2.37 bits per heavy atom. The van der Waals surface area contributed by atoms with Crippen molar-refractivity contribution in [2.24, 2.45) is 0 Å². The lowest BCUT2D eigenvalue weighted by atomic mass is 10.1. The van der Waals surface area contributed by atoms with Gasteiger partial charge in [-0.2, -0.15) is 0 Å². The van der Waals surface area contributed by atoms with E-state index in [2.05, 4.69) is 26.6 Å². The molecule has 0 saturated carbocycles. The van der Waals surface area contributed by atoms with E-state index in [0.29, 0.717) is 5.02 Å². The van der Waals surface area contributed by atoms with Gasteiger partial charge in [0.15, 0.2) is 0 Å². The van der Waals surface area contributed by atoms with Crippen molar-refractivity contribution in [3.05, 3.63) is 58.6 Å². The molecule has 3 aromatic rings. The van der Waals surface area contributed by atoms with E-state index in [1.54, 1.807) is 6.07 Å². The molecule has 1 aromatic heterocycles. The number of hydrogen-bond acceptors (Lipinski definition) is 5. The zero-order valence-electron chi connectivity index (χ0n) is 16.2. The minimum Gasteiger partial charge on any atom is -0.353 e. The van der Waals surface area contributed by atoms with Gasteiger partial charge < -0.3 is 9.80 Å². The van der Waals surface area contributed by atoms with Crippen molar-refractivity contribution in [2.45, 2.75) is 4.90 Å². The number of pyridine rings is 1. The lowest BCUT2D eigenvalue weighted by Gasteiger charge is -2.34. The number of aromatic nitrogens is 1. The van der Waals surface area contributed by atoms with Crippen molar-refractivity contribution in [3.8, 4) is 0 Å². The molecular formula is C20H21Cl3N4O2S. The lowest BCUT2D eigenvalue weighted by Crippen LogP contribution is -2.45. The molecule has 1 aliphatic rings. The highest BCUT2D eigenvalue weighted by Crippen LogP contribution is 2.30. The molecule has 10 heteroatoms. The Hall–Kier alpha value is -1.77. The first-order chi connectivity index (χ1) is 13.8. The first-order valence-corrected chi connectivity index (χ1v) is 11.4. The predicted octanol–water partition coefficient (Wildman–Crippen LogP) is 4.52. The smallest absolute Gasteiger partial charge is 0.263 e. The van der Waals surface area contributed by atoms with Gasteiger partial charge in [-0.3, -0.25) is 4.72 Å². The summed E-state index contributed by atoms with van der Waals surface area (Å²) in [7, 11) is -1.77. The molecule has 0 radical (unpaired) electrons. The number of piperazine rings is 1. The fraction of sp³-hybridized carbons (Fsp3) is 0.250. The first-order valence-electron chi connectivity index (χ1n) is 9.15. The molecule has 0 atom stereocenters. The van der Waals surface area contributed by atoms with Gasteiger partial charge in [0.25, 0.3) is 10.0 Å². The van der Waals surface area contributed by atoms with Crippen LogP contribution in [-0.4, -0.2) is 51.5 Å². The van der Waals surface area contributed by atoms with E-state index in [0.717, 1.165) is 42.8 Å². The number of likely N-dealkylation sites (N-methyl/N-ethyl adjacent to an activating group) is 1. The number of nitrogens with zero attached hydrogens (tertiary/aromatic N) is 3. The number of sulfonamides is 1. The third-order valence-electron chi connectivity index (χ3n) is 4.96. The third-order valence-corrected chi connectivity index (χ3v) is 7.05. The average molecular weight is 488 g/mol. The topological polar surface area (TPSA) is 65.5 Å². The van der Waals surface area contributed by atoms with Gasteiger partial charge in [-0.05, 0) is 36.7 Å². The molecule has 1 aliphatic heterocycles. The van der Waals surface area contributed by atoms with Crippen LogP contribution in [0.1, 0.15) is 0 Å². The molecule has 6 nitrogen and oxygen atoms in total. The van der Waals surface area contributed by atoms with Crippen molar-refractivity contribution < 1.29 is 8.42 Å². The molecule has 1 saturated heterocycles. The van der Waals surface area contributed by atoms with E-state index in [1.807, 2.05) is 24.3 Å². The molecule has 0 amide bonds. The summed E-state index contributed by atoms with van der Waals surface area (Å²) in [5.74, 6) is 1.05. The molecule has 0 aliphatic carbocycles. The Labute approximate surface area is 192 Å². The van der Waals surface area contributed by atoms with Crippen LogP contribution >= 0.6 is 35.6 Å². The van der Waals surface area contributed by atoms with E-state index in [-0.39, 0.29) is 28.1 Å². The highest BCUT2D eigenvalue weighted by molar-refractivity contribution is 7.92. The first kappa shape index (κ1) is 22.9. The fourth-order valence-corrected chi connectivity index (χ4v) is 4.71. The van der Waals surface area contributed by atoms with Crippen LogP contribution < -0.4 is 9.62 Å². The maximum Gasteiger partial charge on any atom is 0.263 e. The van der Waals surface area contributed by atoms with Crippen molar-refractivity contribution in [3.63, 3.8) is 0 Å². The van der Waals surface area contributed by atoms with Gasteiger partial charge in [-0.1, -0.05) is 47.5 Å². The van der Waals surface area contributed by atoms with Gasteiger partial charge in [0, 0.05) is 31.6 Å². The fourth-order valence-electron chi connectivity index (χ4n) is 3.33. The number of rotatable bonds is 4. The molecule has 1 N–H and O–H groups in total. The van der Waals surface area contributed by atoms with Crippen molar-refractivity contribution in [1.82, 2.24) is 9.88 Å². The maximum atomic E-state index is 12.9. The Bertz CT molecular complexity index is 1170. The minimum absolute atomic E-state index is 0. The lowest BCUT2D eigenvalue weighted by molar-refractivity contribution is 0.312. The van der Waals surface area contributed by atoms with E-state index >= 15 is 0 Å². The Kier molecular flexibility index (Phi) is 6.99. The quantitative estimate of drug-likeness (QED) is 0.586. The second-order valence-corrected chi connectivity index (χ2v) is 9.52. The van der Waals surface area contributed by atoms with E-state index in [4.69, 9.17) is 23.2 Å². The number of halogens is 3. The molecule has 2 aromatic carbocycles. The van der Waals surface area contributed by atoms with Crippen molar-refractivity contribution in [2.75, 3.05) is 42.8 Å². The standard InChI is InChI=1S/C20H20Cl2N4O2S.ClH/c1-25-8-10-26(11-9-25)20-16-5-3-2-4-14(16)12-19(23-20)24-29(27,28)15-6-7-17(21)18(22)13-15;/h2-7,12-13H,8-11H2,1H3,(H,23,24);1H. The van der Waals surface area contributed by atoms with Gasteiger partial charge >= 0.3 is 0 Å². The zero-order valence-corrected chi connectivity index (χ0v) is 19.3. The molecule has 160 valence electrons. The van der Waals surface area contributed by atoms with Crippen molar-refractivity contribution in [1.29, 1.82) is 0 Å². The molecule has 0 spiro atoms. The summed E-state index contributed by atoms with van der Waals surface area (Å²) in [4.78, 5) is 9.14. The Morgan fingerprint density at radius 1 is 0.967 bits per heavy atom. The second-order valence-electron chi connectivity index (χ2n) is 7.02. The molecule has 1 fully saturated rings. The number of hydrogen-bond donors (Lipinski definition) is 1. The molecule has 0 unspecified atom stereocenters. The highest BCUT2D eigenvalue weighted by Gasteiger charge is 2.21. The van der Waals surface area contributed by atoms with Gasteiger partial charge in [0.1, 0.15) is 11.6 Å². The SMILES string of the molecule is CN1CCN(c2nc(NS(=O)(=O)c3ccc(Cl)c(Cl)c3)cc3ccccc23)CC1.Cl. The zero-order chi connectivity index (χ0) is 20.6. The van der Waals surface area contributed by atoms with Crippen LogP contribution in [0.25, 0.3) is 10.8 Å². The molecule has 4 rings (SSSR count). The number of nitrogens with one attached hydrogen (secondary N) is 1. The summed E-state index contributed by atoms with van der Waals surface area (Å²) < 4.78 is 28.3. The van der Waals surface area contributed by atoms with Crippen LogP contribution in [0, 0.1) is 0 Å². The van der Waals surface area contributed by atoms with Crippen LogP contribution in [0.5, 0.6) is 0 Å². The van der Waals surface area contributed by atoms with E-state index in [9.17, 15) is 8.42 Å². The number of fused-ring (bicyclic) bond motifs is 1. The average Bonchev–Trinajstić information content (AvgIpc) is 2.69. The summed E-state index contributed by atoms with van der Waals surface area (Å²) in [6.07, 6.45) is 0. The van der Waals surface area contributed by atoms with Crippen LogP contribution in [0.4, 0.5) is 11.6 Å². The van der Waals surface area contributed by atoms with Crippen LogP contribution in [0.2, 0.25) is 10.0 Å².